The predicted octanol–water partition coefficient (Wildman–Crippen LogP) is 2.87. The van der Waals surface area contributed by atoms with Gasteiger partial charge in [0.25, 0.3) is 5.91 Å². The van der Waals surface area contributed by atoms with Crippen LogP contribution in [0, 0.1) is 0 Å². The number of halogens is 1. The lowest BCUT2D eigenvalue weighted by molar-refractivity contribution is -0.115. The van der Waals surface area contributed by atoms with Crippen molar-refractivity contribution in [2.24, 2.45) is 0 Å². The molecule has 2 N–H and O–H groups in total. The van der Waals surface area contributed by atoms with Gasteiger partial charge >= 0.3 is 0 Å². The highest BCUT2D eigenvalue weighted by molar-refractivity contribution is 9.10. The summed E-state index contributed by atoms with van der Waals surface area (Å²) in [5, 5.41) is 5.63. The first-order valence-corrected chi connectivity index (χ1v) is 7.37. The van der Waals surface area contributed by atoms with Crippen LogP contribution in [0.3, 0.4) is 0 Å². The van der Waals surface area contributed by atoms with E-state index in [1.165, 1.54) is 0 Å². The molecule has 0 aliphatic carbocycles. The van der Waals surface area contributed by atoms with Gasteiger partial charge in [-0.25, -0.2) is 0 Å². The quantitative estimate of drug-likeness (QED) is 0.899. The van der Waals surface area contributed by atoms with E-state index in [0.29, 0.717) is 18.5 Å². The Balaban J connectivity index is 1.71. The number of carbonyl (C=O) groups excluding carboxylic acids is 2. The average Bonchev–Trinajstić information content (AvgIpc) is 2.85. The lowest BCUT2D eigenvalue weighted by atomic mass is 10.1. The van der Waals surface area contributed by atoms with Gasteiger partial charge in [0.15, 0.2) is 0 Å². The van der Waals surface area contributed by atoms with E-state index >= 15 is 0 Å². The van der Waals surface area contributed by atoms with E-state index in [-0.39, 0.29) is 11.8 Å². The second kappa shape index (κ2) is 5.69. The molecule has 2 aromatic carbocycles. The maximum absolute atomic E-state index is 12.2. The van der Waals surface area contributed by atoms with E-state index < -0.39 is 0 Å². The van der Waals surface area contributed by atoms with Crippen LogP contribution in [0.4, 0.5) is 5.69 Å². The fourth-order valence-electron chi connectivity index (χ4n) is 2.27. The number of amides is 2. The Labute approximate surface area is 130 Å². The summed E-state index contributed by atoms with van der Waals surface area (Å²) in [6.45, 7) is 0.448. The number of benzene rings is 2. The van der Waals surface area contributed by atoms with Crippen molar-refractivity contribution >= 4 is 33.4 Å². The minimum atomic E-state index is -0.158. The van der Waals surface area contributed by atoms with Crippen LogP contribution in [-0.4, -0.2) is 11.8 Å². The standard InChI is InChI=1S/C16H13BrN2O2/c17-13-4-2-1-3-12(13)9-18-16(21)11-6-5-10-8-15(20)19-14(10)7-11/h1-7H,8-9H2,(H,18,21)(H,19,20). The molecule has 1 aliphatic heterocycles. The summed E-state index contributed by atoms with van der Waals surface area (Å²) in [7, 11) is 0. The topological polar surface area (TPSA) is 58.2 Å². The number of hydrogen-bond acceptors (Lipinski definition) is 2. The van der Waals surface area contributed by atoms with Crippen LogP contribution in [0.1, 0.15) is 21.5 Å². The average molecular weight is 345 g/mol. The summed E-state index contributed by atoms with van der Waals surface area (Å²) in [5.41, 5.74) is 3.22. The number of hydrogen-bond donors (Lipinski definition) is 2. The highest BCUT2D eigenvalue weighted by Crippen LogP contribution is 2.24. The van der Waals surface area contributed by atoms with E-state index in [0.717, 1.165) is 21.3 Å². The van der Waals surface area contributed by atoms with Gasteiger partial charge in [0, 0.05) is 22.3 Å². The van der Waals surface area contributed by atoms with Crippen LogP contribution in [-0.2, 0) is 17.8 Å². The van der Waals surface area contributed by atoms with E-state index in [4.69, 9.17) is 0 Å². The molecule has 4 nitrogen and oxygen atoms in total. The third-order valence-electron chi connectivity index (χ3n) is 3.39. The van der Waals surface area contributed by atoms with Crippen molar-refractivity contribution in [3.8, 4) is 0 Å². The fourth-order valence-corrected chi connectivity index (χ4v) is 2.70. The van der Waals surface area contributed by atoms with Gasteiger partial charge in [-0.15, -0.1) is 0 Å². The fraction of sp³-hybridized carbons (Fsp3) is 0.125. The molecule has 0 fully saturated rings. The molecule has 0 saturated heterocycles. The minimum Gasteiger partial charge on any atom is -0.348 e. The molecule has 3 rings (SSSR count). The van der Waals surface area contributed by atoms with Crippen molar-refractivity contribution < 1.29 is 9.59 Å². The van der Waals surface area contributed by atoms with E-state index in [1.807, 2.05) is 30.3 Å². The van der Waals surface area contributed by atoms with Gasteiger partial charge in [-0.05, 0) is 29.3 Å². The maximum Gasteiger partial charge on any atom is 0.251 e. The number of nitrogens with one attached hydrogen (secondary N) is 2. The second-order valence-electron chi connectivity index (χ2n) is 4.87. The first-order valence-electron chi connectivity index (χ1n) is 6.58. The summed E-state index contributed by atoms with van der Waals surface area (Å²) >= 11 is 3.45. The van der Waals surface area contributed by atoms with Gasteiger partial charge in [-0.2, -0.15) is 0 Å². The Bertz CT molecular complexity index is 728. The Hall–Kier alpha value is -2.14. The molecular weight excluding hydrogens is 332 g/mol. The zero-order chi connectivity index (χ0) is 14.8. The summed E-state index contributed by atoms with van der Waals surface area (Å²) in [6, 6.07) is 13.0. The molecule has 2 aromatic rings. The summed E-state index contributed by atoms with van der Waals surface area (Å²) < 4.78 is 0.964. The lowest BCUT2D eigenvalue weighted by Gasteiger charge is -2.08. The molecule has 0 spiro atoms. The molecule has 1 aliphatic rings. The molecule has 2 amide bonds. The van der Waals surface area contributed by atoms with Crippen molar-refractivity contribution in [1.82, 2.24) is 5.32 Å². The highest BCUT2D eigenvalue weighted by atomic mass is 79.9. The molecule has 0 saturated carbocycles. The highest BCUT2D eigenvalue weighted by Gasteiger charge is 2.19. The van der Waals surface area contributed by atoms with Gasteiger partial charge in [-0.1, -0.05) is 40.2 Å². The monoisotopic (exact) mass is 344 g/mol. The molecule has 0 radical (unpaired) electrons. The summed E-state index contributed by atoms with van der Waals surface area (Å²) in [6.07, 6.45) is 0.383. The molecule has 0 bridgehead atoms. The molecule has 1 heterocycles. The van der Waals surface area contributed by atoms with Crippen LogP contribution in [0.5, 0.6) is 0 Å². The minimum absolute atomic E-state index is 0.0317. The zero-order valence-electron chi connectivity index (χ0n) is 11.2. The first-order chi connectivity index (χ1) is 10.1. The largest absolute Gasteiger partial charge is 0.348 e. The Morgan fingerprint density at radius 2 is 2.05 bits per heavy atom. The van der Waals surface area contributed by atoms with E-state index in [9.17, 15) is 9.59 Å². The smallest absolute Gasteiger partial charge is 0.251 e. The van der Waals surface area contributed by atoms with Crippen LogP contribution in [0.2, 0.25) is 0 Å². The Morgan fingerprint density at radius 1 is 1.24 bits per heavy atom. The summed E-state index contributed by atoms with van der Waals surface area (Å²) in [4.78, 5) is 23.5. The van der Waals surface area contributed by atoms with E-state index in [1.54, 1.807) is 12.1 Å². The Kier molecular flexibility index (Phi) is 3.75. The predicted molar refractivity (Wildman–Crippen MR) is 84.1 cm³/mol. The van der Waals surface area contributed by atoms with Crippen LogP contribution in [0.25, 0.3) is 0 Å². The van der Waals surface area contributed by atoms with Crippen molar-refractivity contribution in [3.63, 3.8) is 0 Å². The second-order valence-corrected chi connectivity index (χ2v) is 5.73. The van der Waals surface area contributed by atoms with Crippen molar-refractivity contribution in [2.75, 3.05) is 5.32 Å². The van der Waals surface area contributed by atoms with Crippen molar-refractivity contribution in [1.29, 1.82) is 0 Å². The van der Waals surface area contributed by atoms with E-state index in [2.05, 4.69) is 26.6 Å². The van der Waals surface area contributed by atoms with Crippen LogP contribution < -0.4 is 10.6 Å². The molecular formula is C16H13BrN2O2. The molecule has 21 heavy (non-hydrogen) atoms. The van der Waals surface area contributed by atoms with Gasteiger partial charge in [0.2, 0.25) is 5.91 Å². The van der Waals surface area contributed by atoms with Crippen molar-refractivity contribution in [2.45, 2.75) is 13.0 Å². The third-order valence-corrected chi connectivity index (χ3v) is 4.17. The molecule has 5 heteroatoms. The maximum atomic E-state index is 12.2. The number of fused-ring (bicyclic) bond motifs is 1. The number of anilines is 1. The molecule has 106 valence electrons. The van der Waals surface area contributed by atoms with Crippen molar-refractivity contribution in [3.05, 3.63) is 63.6 Å². The molecule has 0 aromatic heterocycles. The van der Waals surface area contributed by atoms with Gasteiger partial charge < -0.3 is 10.6 Å². The number of carbonyl (C=O) groups is 2. The number of rotatable bonds is 3. The Morgan fingerprint density at radius 3 is 2.86 bits per heavy atom. The SMILES string of the molecule is O=C1Cc2ccc(C(=O)NCc3ccccc3Br)cc2N1. The van der Waals surface area contributed by atoms with Gasteiger partial charge in [0.05, 0.1) is 6.42 Å². The molecule has 0 unspecified atom stereocenters. The first kappa shape index (κ1) is 13.8. The van der Waals surface area contributed by atoms with Crippen LogP contribution in [0.15, 0.2) is 46.9 Å². The lowest BCUT2D eigenvalue weighted by Crippen LogP contribution is -2.23. The van der Waals surface area contributed by atoms with Crippen LogP contribution >= 0.6 is 15.9 Å². The van der Waals surface area contributed by atoms with Gasteiger partial charge in [0.1, 0.15) is 0 Å². The third kappa shape index (κ3) is 2.97. The zero-order valence-corrected chi connectivity index (χ0v) is 12.7. The normalized spacial score (nSPS) is 12.7. The molecule has 0 atom stereocenters. The summed E-state index contributed by atoms with van der Waals surface area (Å²) in [5.74, 6) is -0.189. The van der Waals surface area contributed by atoms with Gasteiger partial charge in [-0.3, -0.25) is 9.59 Å².